The van der Waals surface area contributed by atoms with Crippen LogP contribution in [0.1, 0.15) is 57.0 Å². The molecule has 8 atom stereocenters. The van der Waals surface area contributed by atoms with Crippen molar-refractivity contribution in [3.8, 4) is 0 Å². The summed E-state index contributed by atoms with van der Waals surface area (Å²) in [5.74, 6) is -0.981. The number of aliphatic hydroxyl groups excluding tert-OH is 1. The van der Waals surface area contributed by atoms with E-state index in [1.54, 1.807) is 24.3 Å². The lowest BCUT2D eigenvalue weighted by Gasteiger charge is -2.60. The summed E-state index contributed by atoms with van der Waals surface area (Å²) in [6.45, 7) is 6.18. The quantitative estimate of drug-likeness (QED) is 0.245. The fraction of sp³-hybridized carbons (Fsp3) is 0.444. The molecule has 228 valence electrons. The smallest absolute Gasteiger partial charge is 0.375 e. The third-order valence-corrected chi connectivity index (χ3v) is 12.3. The molecule has 0 amide bonds. The largest absolute Gasteiger partial charge is 0.457 e. The number of fused-ring (bicyclic) bond motifs is 6. The van der Waals surface area contributed by atoms with E-state index in [0.29, 0.717) is 12.8 Å². The van der Waals surface area contributed by atoms with Gasteiger partial charge in [0.25, 0.3) is 0 Å². The highest BCUT2D eigenvalue weighted by Gasteiger charge is 2.72. The van der Waals surface area contributed by atoms with Gasteiger partial charge in [-0.1, -0.05) is 68.4 Å². The molecule has 2 aromatic heterocycles. The third kappa shape index (κ3) is 4.28. The van der Waals surface area contributed by atoms with Gasteiger partial charge in [0, 0.05) is 28.1 Å². The molecule has 0 bridgehead atoms. The molecule has 0 radical (unpaired) electrons. The van der Waals surface area contributed by atoms with Crippen molar-refractivity contribution in [3.05, 3.63) is 84.4 Å². The van der Waals surface area contributed by atoms with E-state index in [-0.39, 0.29) is 46.8 Å². The number of furan rings is 1. The van der Waals surface area contributed by atoms with E-state index in [0.717, 1.165) is 34.3 Å². The topological polar surface area (TPSA) is 107 Å². The van der Waals surface area contributed by atoms with Crippen LogP contribution in [-0.2, 0) is 14.3 Å². The molecule has 1 aromatic carbocycles. The van der Waals surface area contributed by atoms with E-state index in [4.69, 9.17) is 14.1 Å². The van der Waals surface area contributed by atoms with Crippen LogP contribution in [0, 0.1) is 34.5 Å². The Morgan fingerprint density at radius 3 is 2.75 bits per heavy atom. The highest BCUT2D eigenvalue weighted by atomic mass is 32.2. The first kappa shape index (κ1) is 29.2. The average molecular weight is 612 g/mol. The number of carbonyl (C=O) groups excluding carboxylic acids is 3. The summed E-state index contributed by atoms with van der Waals surface area (Å²) < 4.78 is 11.8. The number of hydrogen-bond donors (Lipinski definition) is 1. The molecule has 44 heavy (non-hydrogen) atoms. The van der Waals surface area contributed by atoms with Gasteiger partial charge in [0.05, 0.1) is 28.7 Å². The van der Waals surface area contributed by atoms with Crippen LogP contribution in [0.2, 0.25) is 0 Å². The summed E-state index contributed by atoms with van der Waals surface area (Å²) in [4.78, 5) is 45.3. The van der Waals surface area contributed by atoms with Crippen LogP contribution >= 0.6 is 11.8 Å². The zero-order valence-electron chi connectivity index (χ0n) is 25.2. The highest BCUT2D eigenvalue weighted by Crippen LogP contribution is 2.69. The first-order valence-corrected chi connectivity index (χ1v) is 16.5. The Labute approximate surface area is 261 Å². The van der Waals surface area contributed by atoms with Crippen LogP contribution < -0.4 is 0 Å². The fourth-order valence-corrected chi connectivity index (χ4v) is 10.3. The maximum Gasteiger partial charge on any atom is 0.375 e. The second kappa shape index (κ2) is 10.6. The normalized spacial score (nSPS) is 35.9. The fourth-order valence-electron chi connectivity index (χ4n) is 9.48. The molecular formula is C36H37NO6S. The molecule has 0 aliphatic heterocycles. The average Bonchev–Trinajstić information content (AvgIpc) is 3.62. The van der Waals surface area contributed by atoms with Crippen LogP contribution in [0.25, 0.3) is 10.9 Å². The molecule has 7 rings (SSSR count). The van der Waals surface area contributed by atoms with Gasteiger partial charge >= 0.3 is 5.97 Å². The minimum atomic E-state index is -1.47. The van der Waals surface area contributed by atoms with Crippen molar-refractivity contribution >= 4 is 40.2 Å². The van der Waals surface area contributed by atoms with E-state index in [1.807, 2.05) is 56.3 Å². The number of para-hydroxylation sites is 1. The maximum atomic E-state index is 14.7. The predicted octanol–water partition coefficient (Wildman–Crippen LogP) is 6.61. The first-order valence-electron chi connectivity index (χ1n) is 15.5. The number of hydrogen-bond acceptors (Lipinski definition) is 8. The number of ether oxygens (including phenoxy) is 1. The van der Waals surface area contributed by atoms with Gasteiger partial charge in [-0.15, -0.1) is 0 Å². The van der Waals surface area contributed by atoms with Gasteiger partial charge in [0.15, 0.2) is 17.2 Å². The summed E-state index contributed by atoms with van der Waals surface area (Å²) >= 11 is 1.35. The Kier molecular flexibility index (Phi) is 7.01. The second-order valence-electron chi connectivity index (χ2n) is 13.5. The molecule has 7 nitrogen and oxygen atoms in total. The minimum Gasteiger partial charge on any atom is -0.457 e. The maximum absolute atomic E-state index is 14.7. The van der Waals surface area contributed by atoms with E-state index >= 15 is 0 Å². The molecule has 3 aromatic rings. The first-order chi connectivity index (χ1) is 21.1. The molecule has 4 aliphatic carbocycles. The summed E-state index contributed by atoms with van der Waals surface area (Å²) in [6, 6.07) is 14.9. The second-order valence-corrected chi connectivity index (χ2v) is 14.5. The van der Waals surface area contributed by atoms with Crippen molar-refractivity contribution in [2.75, 3.05) is 5.75 Å². The van der Waals surface area contributed by atoms with Crippen molar-refractivity contribution in [1.29, 1.82) is 0 Å². The van der Waals surface area contributed by atoms with Gasteiger partial charge in [-0.2, -0.15) is 0 Å². The molecule has 2 heterocycles. The third-order valence-electron chi connectivity index (χ3n) is 11.4. The number of esters is 1. The molecule has 1 N–H and O–H groups in total. The summed E-state index contributed by atoms with van der Waals surface area (Å²) in [6.07, 6.45) is 8.59. The van der Waals surface area contributed by atoms with Gasteiger partial charge in [0.2, 0.25) is 5.76 Å². The van der Waals surface area contributed by atoms with Crippen LogP contribution in [-0.4, -0.2) is 45.1 Å². The zero-order chi connectivity index (χ0) is 30.9. The minimum absolute atomic E-state index is 0.00610. The van der Waals surface area contributed by atoms with Gasteiger partial charge in [-0.25, -0.2) is 9.78 Å². The number of Topliss-reactive ketones (excluding diaryl/α,β-unsaturated/α-hetero) is 1. The van der Waals surface area contributed by atoms with Crippen molar-refractivity contribution in [1.82, 2.24) is 4.98 Å². The number of thioether (sulfide) groups is 1. The Balaban J connectivity index is 1.25. The molecule has 3 fully saturated rings. The van der Waals surface area contributed by atoms with Crippen molar-refractivity contribution < 1.29 is 28.6 Å². The van der Waals surface area contributed by atoms with Crippen LogP contribution in [0.5, 0.6) is 0 Å². The monoisotopic (exact) mass is 611 g/mol. The Hall–Kier alpha value is -3.49. The predicted molar refractivity (Wildman–Crippen MR) is 167 cm³/mol. The number of aromatic nitrogens is 1. The summed E-state index contributed by atoms with van der Waals surface area (Å²) in [5.41, 5.74) is -0.782. The molecule has 3 saturated carbocycles. The van der Waals surface area contributed by atoms with Gasteiger partial charge in [-0.3, -0.25) is 9.59 Å². The lowest BCUT2D eigenvalue weighted by atomic mass is 9.46. The highest BCUT2D eigenvalue weighted by molar-refractivity contribution is 7.99. The van der Waals surface area contributed by atoms with Crippen molar-refractivity contribution in [2.45, 2.75) is 63.2 Å². The number of allylic oxidation sites excluding steroid dienone is 4. The number of pyridine rings is 1. The number of benzene rings is 1. The molecule has 8 heteroatoms. The molecule has 6 unspecified atom stereocenters. The molecule has 0 spiro atoms. The van der Waals surface area contributed by atoms with Crippen LogP contribution in [0.3, 0.4) is 0 Å². The molecular weight excluding hydrogens is 574 g/mol. The zero-order valence-corrected chi connectivity index (χ0v) is 26.0. The Bertz CT molecular complexity index is 1710. The Morgan fingerprint density at radius 2 is 1.95 bits per heavy atom. The summed E-state index contributed by atoms with van der Waals surface area (Å²) in [7, 11) is 0. The van der Waals surface area contributed by atoms with E-state index in [2.05, 4.69) is 6.92 Å². The number of nitrogens with zero attached hydrogens (tertiary/aromatic N) is 1. The van der Waals surface area contributed by atoms with Crippen molar-refractivity contribution in [3.63, 3.8) is 0 Å². The van der Waals surface area contributed by atoms with Gasteiger partial charge < -0.3 is 14.3 Å². The van der Waals surface area contributed by atoms with E-state index in [1.165, 1.54) is 18.0 Å². The van der Waals surface area contributed by atoms with Crippen LogP contribution in [0.4, 0.5) is 0 Å². The van der Waals surface area contributed by atoms with Crippen molar-refractivity contribution in [2.24, 2.45) is 34.5 Å². The SMILES string of the molecule is C[C@@H]1CC2C3CCC4=CC(=O)C=CC4(C)C3C(O)CC2(C)[C@@]1(OC(=O)c1ccco1)C(=O)CSc1ccc2ccccc2n1. The Morgan fingerprint density at radius 1 is 1.14 bits per heavy atom. The lowest BCUT2D eigenvalue weighted by Crippen LogP contribution is -2.64. The molecule has 0 saturated heterocycles. The number of carbonyl (C=O) groups is 3. The number of rotatable bonds is 6. The van der Waals surface area contributed by atoms with Gasteiger partial charge in [-0.05, 0) is 73.9 Å². The number of aliphatic hydroxyl groups is 1. The standard InChI is InChI=1S/C36H37NO6S/c1-21-17-26-25-12-11-23-18-24(38)14-15-34(23,2)32(25)28(39)19-35(26,3)36(21,43-33(41)29-9-6-16-42-29)30(40)20-44-31-13-10-22-7-4-5-8-27(22)37-31/h4-10,13-16,18,21,25-26,28,32,39H,11-12,17,19-20H2,1-3H3/t21-,25?,26?,28?,32?,34?,35?,36+/m1/s1. The summed E-state index contributed by atoms with van der Waals surface area (Å²) in [5, 5.41) is 13.7. The molecule has 4 aliphatic rings. The lowest BCUT2D eigenvalue weighted by molar-refractivity contribution is -0.181. The van der Waals surface area contributed by atoms with E-state index < -0.39 is 28.5 Å². The van der Waals surface area contributed by atoms with Gasteiger partial charge in [0.1, 0.15) is 0 Å². The van der Waals surface area contributed by atoms with E-state index in [9.17, 15) is 19.5 Å². The van der Waals surface area contributed by atoms with Crippen LogP contribution in [0.15, 0.2) is 88.0 Å². The number of ketones is 2.